The Balaban J connectivity index is 1.93. The fraction of sp³-hybridized carbons (Fsp3) is 0.111. The summed E-state index contributed by atoms with van der Waals surface area (Å²) >= 11 is 9.18. The van der Waals surface area contributed by atoms with E-state index in [4.69, 9.17) is 9.47 Å². The van der Waals surface area contributed by atoms with E-state index in [0.29, 0.717) is 12.5 Å². The highest BCUT2D eigenvalue weighted by molar-refractivity contribution is 14.1. The lowest BCUT2D eigenvalue weighted by molar-refractivity contribution is -0.129. The van der Waals surface area contributed by atoms with Gasteiger partial charge in [-0.05, 0) is 109 Å². The molecule has 0 N–H and O–H groups in total. The molecule has 0 spiro atoms. The first-order valence-corrected chi connectivity index (χ1v) is 10.0. The van der Waals surface area contributed by atoms with Crippen molar-refractivity contribution >= 4 is 72.4 Å². The molecule has 2 aromatic rings. The average Bonchev–Trinajstić information content (AvgIpc) is 2.92. The molecule has 0 fully saturated rings. The van der Waals surface area contributed by atoms with E-state index in [1.54, 1.807) is 6.08 Å². The van der Waals surface area contributed by atoms with Crippen LogP contribution in [0.1, 0.15) is 18.1 Å². The van der Waals surface area contributed by atoms with Gasteiger partial charge in [0.05, 0.1) is 15.6 Å². The van der Waals surface area contributed by atoms with Crippen LogP contribution in [0.3, 0.4) is 0 Å². The zero-order chi connectivity index (χ0) is 18.0. The largest absolute Gasteiger partial charge is 0.492 e. The molecule has 0 atom stereocenters. The average molecular weight is 577 g/mol. The van der Waals surface area contributed by atoms with Crippen LogP contribution in [0.4, 0.5) is 0 Å². The first-order valence-electron chi connectivity index (χ1n) is 7.38. The fourth-order valence-corrected chi connectivity index (χ4v) is 4.04. The van der Waals surface area contributed by atoms with Crippen LogP contribution in [0.2, 0.25) is 0 Å². The molecule has 4 nitrogen and oxygen atoms in total. The molecule has 0 bridgehead atoms. The number of carbonyl (C=O) groups is 1. The van der Waals surface area contributed by atoms with Gasteiger partial charge in [-0.3, -0.25) is 0 Å². The highest BCUT2D eigenvalue weighted by Gasteiger charge is 2.24. The van der Waals surface area contributed by atoms with Gasteiger partial charge in [-0.2, -0.15) is 0 Å². The van der Waals surface area contributed by atoms with Crippen LogP contribution in [0.15, 0.2) is 56.0 Å². The van der Waals surface area contributed by atoms with Crippen LogP contribution in [-0.2, 0) is 9.53 Å². The third-order valence-electron chi connectivity index (χ3n) is 3.32. The number of nitrogens with zero attached hydrogens (tertiary/aromatic N) is 1. The van der Waals surface area contributed by atoms with Crippen molar-refractivity contribution in [2.24, 2.45) is 4.99 Å². The second-order valence-corrected chi connectivity index (χ2v) is 8.04. The Morgan fingerprint density at radius 1 is 1.20 bits per heavy atom. The van der Waals surface area contributed by atoms with Crippen LogP contribution in [0, 0.1) is 3.57 Å². The van der Waals surface area contributed by atoms with Crippen LogP contribution >= 0.6 is 54.5 Å². The van der Waals surface area contributed by atoms with E-state index >= 15 is 0 Å². The number of halogens is 3. The molecule has 1 heterocycles. The second kappa shape index (κ2) is 8.01. The summed E-state index contributed by atoms with van der Waals surface area (Å²) in [6.45, 7) is 2.48. The minimum atomic E-state index is -0.463. The highest BCUT2D eigenvalue weighted by atomic mass is 127. The maximum absolute atomic E-state index is 12.1. The Morgan fingerprint density at radius 3 is 2.44 bits per heavy atom. The Kier molecular flexibility index (Phi) is 5.96. The number of rotatable bonds is 4. The van der Waals surface area contributed by atoms with Gasteiger partial charge in [-0.1, -0.05) is 0 Å². The molecule has 2 aromatic carbocycles. The summed E-state index contributed by atoms with van der Waals surface area (Å²) < 4.78 is 13.5. The first kappa shape index (κ1) is 18.6. The number of benzene rings is 2. The van der Waals surface area contributed by atoms with Crippen LogP contribution in [0.5, 0.6) is 5.75 Å². The predicted molar refractivity (Wildman–Crippen MR) is 113 cm³/mol. The van der Waals surface area contributed by atoms with Crippen molar-refractivity contribution in [3.05, 3.63) is 65.7 Å². The number of esters is 1. The molecular formula is C18H12Br2INO3. The molecule has 25 heavy (non-hydrogen) atoms. The molecule has 0 radical (unpaired) electrons. The van der Waals surface area contributed by atoms with Gasteiger partial charge in [-0.25, -0.2) is 9.79 Å². The van der Waals surface area contributed by atoms with Crippen molar-refractivity contribution in [2.75, 3.05) is 6.61 Å². The molecule has 0 saturated carbocycles. The number of hydrogen-bond donors (Lipinski definition) is 0. The fourth-order valence-electron chi connectivity index (χ4n) is 2.23. The molecule has 0 aliphatic carbocycles. The number of carbonyl (C=O) groups excluding carboxylic acids is 1. The summed E-state index contributed by atoms with van der Waals surface area (Å²) in [6.07, 6.45) is 1.69. The van der Waals surface area contributed by atoms with E-state index in [0.717, 1.165) is 29.4 Å². The van der Waals surface area contributed by atoms with Gasteiger partial charge in [0.15, 0.2) is 5.70 Å². The first-order chi connectivity index (χ1) is 12.0. The zero-order valence-electron chi connectivity index (χ0n) is 13.1. The van der Waals surface area contributed by atoms with Gasteiger partial charge < -0.3 is 9.47 Å². The maximum Gasteiger partial charge on any atom is 0.363 e. The molecule has 0 amide bonds. The summed E-state index contributed by atoms with van der Waals surface area (Å²) in [5.74, 6) is 0.577. The Hall–Kier alpha value is -1.19. The van der Waals surface area contributed by atoms with Gasteiger partial charge in [-0.15, -0.1) is 0 Å². The van der Waals surface area contributed by atoms with Crippen molar-refractivity contribution < 1.29 is 14.3 Å². The van der Waals surface area contributed by atoms with E-state index in [1.807, 2.05) is 43.3 Å². The van der Waals surface area contributed by atoms with Crippen molar-refractivity contribution in [3.63, 3.8) is 0 Å². The lowest BCUT2D eigenvalue weighted by Gasteiger charge is -2.09. The van der Waals surface area contributed by atoms with E-state index in [2.05, 4.69) is 59.4 Å². The monoisotopic (exact) mass is 575 g/mol. The van der Waals surface area contributed by atoms with Gasteiger partial charge in [0.1, 0.15) is 5.75 Å². The summed E-state index contributed by atoms with van der Waals surface area (Å²) in [7, 11) is 0. The van der Waals surface area contributed by atoms with Crippen LogP contribution in [0.25, 0.3) is 6.08 Å². The summed E-state index contributed by atoms with van der Waals surface area (Å²) in [5.41, 5.74) is 1.84. The Labute approximate surface area is 175 Å². The second-order valence-electron chi connectivity index (χ2n) is 5.09. The smallest absolute Gasteiger partial charge is 0.363 e. The van der Waals surface area contributed by atoms with Crippen molar-refractivity contribution in [2.45, 2.75) is 6.92 Å². The van der Waals surface area contributed by atoms with Crippen molar-refractivity contribution in [1.29, 1.82) is 0 Å². The number of hydrogen-bond acceptors (Lipinski definition) is 4. The predicted octanol–water partition coefficient (Wildman–Crippen LogP) is 5.56. The Morgan fingerprint density at radius 2 is 1.84 bits per heavy atom. The van der Waals surface area contributed by atoms with E-state index < -0.39 is 5.97 Å². The molecule has 0 saturated heterocycles. The molecule has 1 aliphatic rings. The molecule has 1 aliphatic heterocycles. The number of aliphatic imine (C=N–C) groups is 1. The molecule has 0 aromatic heterocycles. The van der Waals surface area contributed by atoms with E-state index in [9.17, 15) is 4.79 Å². The minimum Gasteiger partial charge on any atom is -0.492 e. The lowest BCUT2D eigenvalue weighted by Crippen LogP contribution is -2.05. The Bertz CT molecular complexity index is 869. The van der Waals surface area contributed by atoms with Gasteiger partial charge in [0, 0.05) is 9.13 Å². The summed E-state index contributed by atoms with van der Waals surface area (Å²) in [5, 5.41) is 0. The summed E-state index contributed by atoms with van der Waals surface area (Å²) in [6, 6.07) is 11.4. The topological polar surface area (TPSA) is 47.9 Å². The standard InChI is InChI=1S/C18H12Br2INO3/c1-2-24-16-13(19)7-10(8-14(16)20)9-15-18(23)25-17(22-15)11-3-5-12(21)6-4-11/h3-9H,2H2,1H3/b15-9-. The third-order valence-corrected chi connectivity index (χ3v) is 5.22. The molecule has 0 unspecified atom stereocenters. The van der Waals surface area contributed by atoms with Crippen molar-refractivity contribution in [3.8, 4) is 5.75 Å². The highest BCUT2D eigenvalue weighted by Crippen LogP contribution is 2.35. The summed E-state index contributed by atoms with van der Waals surface area (Å²) in [4.78, 5) is 16.4. The van der Waals surface area contributed by atoms with E-state index in [1.165, 1.54) is 0 Å². The zero-order valence-corrected chi connectivity index (χ0v) is 18.4. The molecule has 128 valence electrons. The number of ether oxygens (including phenoxy) is 2. The van der Waals surface area contributed by atoms with Gasteiger partial charge >= 0.3 is 5.97 Å². The third kappa shape index (κ3) is 4.32. The van der Waals surface area contributed by atoms with Gasteiger partial charge in [0.2, 0.25) is 5.90 Å². The van der Waals surface area contributed by atoms with Crippen LogP contribution < -0.4 is 4.74 Å². The van der Waals surface area contributed by atoms with Crippen molar-refractivity contribution in [1.82, 2.24) is 0 Å². The SMILES string of the molecule is CCOc1c(Br)cc(/C=C2\N=C(c3ccc(I)cc3)OC2=O)cc1Br. The van der Waals surface area contributed by atoms with Gasteiger partial charge in [0.25, 0.3) is 0 Å². The molecule has 3 rings (SSSR count). The quantitative estimate of drug-likeness (QED) is 0.272. The van der Waals surface area contributed by atoms with E-state index in [-0.39, 0.29) is 5.70 Å². The minimum absolute atomic E-state index is 0.261. The molecular weight excluding hydrogens is 565 g/mol. The normalized spacial score (nSPS) is 15.3. The lowest BCUT2D eigenvalue weighted by atomic mass is 10.2. The molecule has 7 heteroatoms. The number of cyclic esters (lactones) is 1. The van der Waals surface area contributed by atoms with Crippen LogP contribution in [-0.4, -0.2) is 18.5 Å². The maximum atomic E-state index is 12.1.